The van der Waals surface area contributed by atoms with E-state index in [0.717, 1.165) is 39.8 Å². The lowest BCUT2D eigenvalue weighted by atomic mass is 10.0. The van der Waals surface area contributed by atoms with Crippen LogP contribution in [0.2, 0.25) is 0 Å². The third-order valence-corrected chi connectivity index (χ3v) is 6.64. The first-order chi connectivity index (χ1) is 15.1. The molecule has 0 saturated carbocycles. The summed E-state index contributed by atoms with van der Waals surface area (Å²) in [6, 6.07) is 14.1. The van der Waals surface area contributed by atoms with E-state index in [-0.39, 0.29) is 11.9 Å². The maximum atomic E-state index is 13.1. The van der Waals surface area contributed by atoms with Gasteiger partial charge >= 0.3 is 0 Å². The van der Waals surface area contributed by atoms with E-state index >= 15 is 0 Å². The molecule has 1 atom stereocenters. The van der Waals surface area contributed by atoms with Gasteiger partial charge in [-0.1, -0.05) is 40.9 Å². The van der Waals surface area contributed by atoms with Gasteiger partial charge in [-0.05, 0) is 68.8 Å². The molecular weight excluding hydrogens is 456 g/mol. The van der Waals surface area contributed by atoms with Crippen molar-refractivity contribution >= 4 is 32.8 Å². The number of nitrogens with zero attached hydrogens (tertiary/aromatic N) is 1. The van der Waals surface area contributed by atoms with Gasteiger partial charge in [0.2, 0.25) is 0 Å². The molecule has 1 aromatic heterocycles. The van der Waals surface area contributed by atoms with Crippen LogP contribution in [0.5, 0.6) is 5.75 Å². The van der Waals surface area contributed by atoms with Gasteiger partial charge in [0.1, 0.15) is 11.3 Å². The molecule has 164 valence electrons. The molecule has 5 nitrogen and oxygen atoms in total. The number of hydrogen-bond donors (Lipinski definition) is 1. The third-order valence-electron chi connectivity index (χ3n) is 6.14. The first-order valence-electron chi connectivity index (χ1n) is 10.9. The van der Waals surface area contributed by atoms with Crippen LogP contribution in [0.15, 0.2) is 51.4 Å². The molecular formula is C25H29BrN2O3. The number of benzene rings is 2. The first-order valence-corrected chi connectivity index (χ1v) is 11.7. The summed E-state index contributed by atoms with van der Waals surface area (Å²) in [6.07, 6.45) is 4.92. The lowest BCUT2D eigenvalue weighted by Crippen LogP contribution is -2.38. The number of methoxy groups -OCH3 is 1. The fraction of sp³-hybridized carbons (Fsp3) is 0.400. The van der Waals surface area contributed by atoms with Crippen LogP contribution in [-0.4, -0.2) is 37.6 Å². The van der Waals surface area contributed by atoms with Gasteiger partial charge in [0.25, 0.3) is 5.91 Å². The third kappa shape index (κ3) is 4.96. The molecule has 3 aromatic rings. The molecule has 4 rings (SSSR count). The van der Waals surface area contributed by atoms with Crippen LogP contribution >= 0.6 is 15.9 Å². The minimum atomic E-state index is -0.168. The van der Waals surface area contributed by atoms with Gasteiger partial charge < -0.3 is 14.5 Å². The number of rotatable bonds is 6. The zero-order valence-electron chi connectivity index (χ0n) is 18.1. The zero-order chi connectivity index (χ0) is 21.8. The molecule has 2 heterocycles. The van der Waals surface area contributed by atoms with Gasteiger partial charge in [-0.15, -0.1) is 0 Å². The molecule has 31 heavy (non-hydrogen) atoms. The van der Waals surface area contributed by atoms with E-state index in [0.29, 0.717) is 12.3 Å². The fourth-order valence-electron chi connectivity index (χ4n) is 4.37. The molecule has 0 spiro atoms. The molecule has 1 saturated heterocycles. The molecule has 0 bridgehead atoms. The highest BCUT2D eigenvalue weighted by Gasteiger charge is 2.24. The number of amides is 1. The number of aryl methyl sites for hydroxylation is 1. The van der Waals surface area contributed by atoms with Crippen molar-refractivity contribution in [2.45, 2.75) is 38.6 Å². The Bertz CT molecular complexity index is 1040. The van der Waals surface area contributed by atoms with Gasteiger partial charge in [-0.3, -0.25) is 9.69 Å². The van der Waals surface area contributed by atoms with E-state index in [1.54, 1.807) is 7.11 Å². The van der Waals surface area contributed by atoms with Crippen molar-refractivity contribution in [3.8, 4) is 5.75 Å². The average Bonchev–Trinajstić information content (AvgIpc) is 2.95. The Hall–Kier alpha value is -2.31. The normalized spacial score (nSPS) is 16.1. The molecule has 2 aromatic carbocycles. The Labute approximate surface area is 191 Å². The number of fused-ring (bicyclic) bond motifs is 1. The molecule has 1 aliphatic rings. The van der Waals surface area contributed by atoms with Gasteiger partial charge in [-0.2, -0.15) is 0 Å². The number of furan rings is 1. The van der Waals surface area contributed by atoms with Crippen LogP contribution in [0.4, 0.5) is 0 Å². The van der Waals surface area contributed by atoms with Crippen LogP contribution in [0.1, 0.15) is 53.4 Å². The molecule has 0 aliphatic carbocycles. The maximum absolute atomic E-state index is 13.1. The summed E-state index contributed by atoms with van der Waals surface area (Å²) in [6.45, 7) is 4.56. The quantitative estimate of drug-likeness (QED) is 0.475. The Balaban J connectivity index is 1.55. The first kappa shape index (κ1) is 21.9. The van der Waals surface area contributed by atoms with Crippen molar-refractivity contribution in [1.29, 1.82) is 0 Å². The van der Waals surface area contributed by atoms with Gasteiger partial charge in [0.05, 0.1) is 13.2 Å². The molecule has 1 fully saturated rings. The highest BCUT2D eigenvalue weighted by molar-refractivity contribution is 9.10. The Kier molecular flexibility index (Phi) is 6.98. The van der Waals surface area contributed by atoms with Crippen molar-refractivity contribution in [1.82, 2.24) is 10.2 Å². The summed E-state index contributed by atoms with van der Waals surface area (Å²) in [4.78, 5) is 15.5. The van der Waals surface area contributed by atoms with E-state index in [1.807, 2.05) is 37.3 Å². The summed E-state index contributed by atoms with van der Waals surface area (Å²) in [5.41, 5.74) is 2.78. The second-order valence-corrected chi connectivity index (χ2v) is 9.06. The second-order valence-electron chi connectivity index (χ2n) is 8.15. The number of hydrogen-bond acceptors (Lipinski definition) is 4. The summed E-state index contributed by atoms with van der Waals surface area (Å²) < 4.78 is 12.2. The van der Waals surface area contributed by atoms with Crippen LogP contribution in [0.3, 0.4) is 0 Å². The summed E-state index contributed by atoms with van der Waals surface area (Å²) in [5.74, 6) is 1.06. The van der Waals surface area contributed by atoms with Crippen LogP contribution in [0, 0.1) is 6.92 Å². The van der Waals surface area contributed by atoms with Crippen molar-refractivity contribution < 1.29 is 13.9 Å². The van der Waals surface area contributed by atoms with Gasteiger partial charge in [0.15, 0.2) is 5.76 Å². The highest BCUT2D eigenvalue weighted by Crippen LogP contribution is 2.29. The van der Waals surface area contributed by atoms with Crippen LogP contribution in [-0.2, 0) is 0 Å². The zero-order valence-corrected chi connectivity index (χ0v) is 19.7. The topological polar surface area (TPSA) is 54.7 Å². The molecule has 1 amide bonds. The largest absolute Gasteiger partial charge is 0.497 e. The van der Waals surface area contributed by atoms with Crippen LogP contribution < -0.4 is 10.1 Å². The number of carbonyl (C=O) groups excluding carboxylic acids is 1. The molecule has 0 unspecified atom stereocenters. The minimum Gasteiger partial charge on any atom is -0.497 e. The predicted octanol–water partition coefficient (Wildman–Crippen LogP) is 5.86. The average molecular weight is 485 g/mol. The monoisotopic (exact) mass is 484 g/mol. The van der Waals surface area contributed by atoms with E-state index in [2.05, 4.69) is 38.3 Å². The van der Waals surface area contributed by atoms with Crippen LogP contribution in [0.25, 0.3) is 11.0 Å². The Morgan fingerprint density at radius 1 is 1.13 bits per heavy atom. The van der Waals surface area contributed by atoms with Crippen molar-refractivity contribution in [3.05, 3.63) is 63.8 Å². The van der Waals surface area contributed by atoms with Gasteiger partial charge in [0, 0.05) is 22.0 Å². The van der Waals surface area contributed by atoms with Gasteiger partial charge in [-0.25, -0.2) is 0 Å². The standard InChI is InChI=1S/C25H29BrN2O3/c1-17-21-15-19(26)9-12-23(21)31-24(17)25(29)27-16-22(28-13-5-3-4-6-14-28)18-7-10-20(30-2)11-8-18/h7-12,15,22H,3-6,13-14,16H2,1-2H3,(H,27,29)/t22-/m0/s1. The predicted molar refractivity (Wildman–Crippen MR) is 127 cm³/mol. The number of halogens is 1. The number of nitrogens with one attached hydrogen (secondary N) is 1. The molecule has 1 N–H and O–H groups in total. The summed E-state index contributed by atoms with van der Waals surface area (Å²) in [5, 5.41) is 4.10. The molecule has 0 radical (unpaired) electrons. The summed E-state index contributed by atoms with van der Waals surface area (Å²) >= 11 is 3.49. The Morgan fingerprint density at radius 3 is 2.52 bits per heavy atom. The van der Waals surface area contributed by atoms with E-state index in [1.165, 1.54) is 31.2 Å². The smallest absolute Gasteiger partial charge is 0.287 e. The fourth-order valence-corrected chi connectivity index (χ4v) is 4.73. The van der Waals surface area contributed by atoms with Crippen molar-refractivity contribution in [2.24, 2.45) is 0 Å². The van der Waals surface area contributed by atoms with E-state index in [9.17, 15) is 4.79 Å². The van der Waals surface area contributed by atoms with E-state index < -0.39 is 0 Å². The highest BCUT2D eigenvalue weighted by atomic mass is 79.9. The lowest BCUT2D eigenvalue weighted by Gasteiger charge is -2.31. The minimum absolute atomic E-state index is 0.117. The number of carbonyl (C=O) groups is 1. The van der Waals surface area contributed by atoms with E-state index in [4.69, 9.17) is 9.15 Å². The molecule has 6 heteroatoms. The number of ether oxygens (including phenoxy) is 1. The van der Waals surface area contributed by atoms with Crippen molar-refractivity contribution in [2.75, 3.05) is 26.7 Å². The lowest BCUT2D eigenvalue weighted by molar-refractivity contribution is 0.0907. The SMILES string of the molecule is COc1ccc([C@H](CNC(=O)c2oc3ccc(Br)cc3c2C)N2CCCCCC2)cc1. The molecule has 1 aliphatic heterocycles. The second kappa shape index (κ2) is 9.88. The summed E-state index contributed by atoms with van der Waals surface area (Å²) in [7, 11) is 1.68. The van der Waals surface area contributed by atoms with Crippen molar-refractivity contribution in [3.63, 3.8) is 0 Å². The Morgan fingerprint density at radius 2 is 1.84 bits per heavy atom. The maximum Gasteiger partial charge on any atom is 0.287 e. The number of likely N-dealkylation sites (tertiary alicyclic amines) is 1.